The Kier molecular flexibility index (Phi) is 3.96. The second-order valence-electron chi connectivity index (χ2n) is 5.98. The van der Waals surface area contributed by atoms with Gasteiger partial charge in [-0.05, 0) is 11.6 Å². The zero-order valence-electron chi connectivity index (χ0n) is 13.5. The van der Waals surface area contributed by atoms with Gasteiger partial charge in [0.2, 0.25) is 0 Å². The van der Waals surface area contributed by atoms with E-state index < -0.39 is 12.1 Å². The first kappa shape index (κ1) is 15.4. The van der Waals surface area contributed by atoms with Crippen LogP contribution in [0.4, 0.5) is 11.4 Å². The molecule has 0 aliphatic carbocycles. The molecule has 3 aromatic carbocycles. The lowest BCUT2D eigenvalue weighted by Gasteiger charge is -2.21. The van der Waals surface area contributed by atoms with Gasteiger partial charge in [0.05, 0.1) is 4.76 Å². The third-order valence-corrected chi connectivity index (χ3v) is 4.39. The van der Waals surface area contributed by atoms with Crippen LogP contribution >= 0.6 is 0 Å². The molecule has 2 atom stereocenters. The van der Waals surface area contributed by atoms with E-state index in [1.807, 2.05) is 72.8 Å². The van der Waals surface area contributed by atoms with Crippen LogP contribution in [0.1, 0.15) is 23.3 Å². The minimum atomic E-state index is -0.948. The van der Waals surface area contributed by atoms with Crippen molar-refractivity contribution in [1.82, 2.24) is 0 Å². The van der Waals surface area contributed by atoms with Gasteiger partial charge in [0.1, 0.15) is 17.5 Å². The summed E-state index contributed by atoms with van der Waals surface area (Å²) in [5, 5.41) is 10.9. The highest BCUT2D eigenvalue weighted by atomic mass is 16.3. The maximum absolute atomic E-state index is 13.1. The van der Waals surface area contributed by atoms with Crippen molar-refractivity contribution in [3.05, 3.63) is 101 Å². The Morgan fingerprint density at radius 1 is 0.840 bits per heavy atom. The molecule has 3 aromatic rings. The molecular weight excluding hydrogens is 312 g/mol. The first-order chi connectivity index (χ1) is 12.3. The van der Waals surface area contributed by atoms with Crippen molar-refractivity contribution in [2.24, 2.45) is 4.99 Å². The summed E-state index contributed by atoms with van der Waals surface area (Å²) < 4.78 is 0.944. The summed E-state index contributed by atoms with van der Waals surface area (Å²) in [4.78, 5) is 17.7. The molecule has 0 saturated heterocycles. The molecule has 4 nitrogen and oxygen atoms in total. The number of nitrogens with zero attached hydrogens (tertiary/aromatic N) is 2. The summed E-state index contributed by atoms with van der Waals surface area (Å²) in [6.45, 7) is 0. The number of hydrogen-bond acceptors (Lipinski definition) is 3. The summed E-state index contributed by atoms with van der Waals surface area (Å²) in [5.74, 6) is 0. The molecule has 0 spiro atoms. The topological polar surface area (TPSA) is 52.7 Å². The lowest BCUT2D eigenvalue weighted by molar-refractivity contribution is -0.493. The Morgan fingerprint density at radius 3 is 2.16 bits per heavy atom. The van der Waals surface area contributed by atoms with Crippen LogP contribution in [-0.2, 0) is 0 Å². The van der Waals surface area contributed by atoms with E-state index in [2.05, 4.69) is 4.99 Å². The van der Waals surface area contributed by atoms with E-state index in [1.54, 1.807) is 12.1 Å². The molecule has 0 fully saturated rings. The highest BCUT2D eigenvalue weighted by Crippen LogP contribution is 2.41. The number of aliphatic hydroxyl groups excluding tert-OH is 1. The van der Waals surface area contributed by atoms with E-state index in [4.69, 9.17) is 0 Å². The lowest BCUT2D eigenvalue weighted by atomic mass is 9.92. The quantitative estimate of drug-likeness (QED) is 0.711. The number of rotatable bonds is 3. The van der Waals surface area contributed by atoms with Gasteiger partial charge in [-0.1, -0.05) is 72.8 Å². The van der Waals surface area contributed by atoms with E-state index in [-0.39, 0.29) is 0 Å². The van der Waals surface area contributed by atoms with Gasteiger partial charge < -0.3 is 5.11 Å². The predicted molar refractivity (Wildman–Crippen MR) is 97.4 cm³/mol. The fourth-order valence-electron chi connectivity index (χ4n) is 3.16. The maximum Gasteiger partial charge on any atom is 0.282 e. The minimum Gasteiger partial charge on any atom is -0.382 e. The molecular formula is C21H17N2O2+. The lowest BCUT2D eigenvalue weighted by Crippen LogP contribution is -2.29. The third-order valence-electron chi connectivity index (χ3n) is 4.39. The Bertz CT molecular complexity index is 936. The highest BCUT2D eigenvalue weighted by molar-refractivity contribution is 5.97. The van der Waals surface area contributed by atoms with Crippen molar-refractivity contribution in [3.8, 4) is 0 Å². The highest BCUT2D eigenvalue weighted by Gasteiger charge is 2.43. The summed E-state index contributed by atoms with van der Waals surface area (Å²) >= 11 is 0. The standard InChI is InChI=1S/C21H17N2O2/c24-21(16-11-5-2-6-12-16)19-20(15-9-3-1-4-10-15)23(25)18-14-8-7-13-17(18)22-19/h1-14,20-21,24H/q+1. The zero-order valence-corrected chi connectivity index (χ0v) is 13.5. The zero-order chi connectivity index (χ0) is 17.2. The Morgan fingerprint density at radius 2 is 1.44 bits per heavy atom. The molecule has 25 heavy (non-hydrogen) atoms. The van der Waals surface area contributed by atoms with Crippen LogP contribution in [0.5, 0.6) is 0 Å². The summed E-state index contributed by atoms with van der Waals surface area (Å²) in [6.07, 6.45) is -0.948. The van der Waals surface area contributed by atoms with Gasteiger partial charge >= 0.3 is 0 Å². The third kappa shape index (κ3) is 2.77. The van der Waals surface area contributed by atoms with Gasteiger partial charge in [-0.2, -0.15) is 0 Å². The smallest absolute Gasteiger partial charge is 0.282 e. The van der Waals surface area contributed by atoms with Crippen molar-refractivity contribution in [2.45, 2.75) is 12.1 Å². The van der Waals surface area contributed by atoms with Crippen molar-refractivity contribution in [2.75, 3.05) is 0 Å². The number of aliphatic imine (C=N–C) groups is 1. The molecule has 1 heterocycles. The molecule has 1 aliphatic rings. The molecule has 2 unspecified atom stereocenters. The number of aliphatic hydroxyl groups is 1. The van der Waals surface area contributed by atoms with Crippen LogP contribution in [-0.4, -0.2) is 15.6 Å². The van der Waals surface area contributed by atoms with Crippen molar-refractivity contribution >= 4 is 17.1 Å². The number of benzene rings is 3. The summed E-state index contributed by atoms with van der Waals surface area (Å²) in [7, 11) is 0. The molecule has 4 heteroatoms. The van der Waals surface area contributed by atoms with Crippen LogP contribution in [0.3, 0.4) is 0 Å². The van der Waals surface area contributed by atoms with Crippen LogP contribution < -0.4 is 0 Å². The van der Waals surface area contributed by atoms with Crippen molar-refractivity contribution in [1.29, 1.82) is 0 Å². The Balaban J connectivity index is 1.88. The number of fused-ring (bicyclic) bond motifs is 1. The average Bonchev–Trinajstić information content (AvgIpc) is 2.69. The van der Waals surface area contributed by atoms with E-state index >= 15 is 0 Å². The van der Waals surface area contributed by atoms with Gasteiger partial charge in [0, 0.05) is 16.5 Å². The van der Waals surface area contributed by atoms with Crippen LogP contribution in [0, 0.1) is 4.91 Å². The van der Waals surface area contributed by atoms with E-state index in [0.29, 0.717) is 17.1 Å². The van der Waals surface area contributed by atoms with Crippen molar-refractivity contribution < 1.29 is 9.87 Å². The Hall–Kier alpha value is -3.11. The van der Waals surface area contributed by atoms with Gasteiger partial charge in [-0.3, -0.25) is 0 Å². The predicted octanol–water partition coefficient (Wildman–Crippen LogP) is 4.66. The fourth-order valence-corrected chi connectivity index (χ4v) is 3.16. The van der Waals surface area contributed by atoms with Crippen LogP contribution in [0.2, 0.25) is 0 Å². The minimum absolute atomic E-state index is 0.436. The first-order valence-corrected chi connectivity index (χ1v) is 8.17. The molecule has 122 valence electrons. The molecule has 0 radical (unpaired) electrons. The number of nitroso groups, excluding NO2 is 1. The van der Waals surface area contributed by atoms with Crippen LogP contribution in [0.25, 0.3) is 0 Å². The fraction of sp³-hybridized carbons (Fsp3) is 0.0952. The average molecular weight is 329 g/mol. The second kappa shape index (κ2) is 6.42. The maximum atomic E-state index is 13.1. The molecule has 0 bridgehead atoms. The van der Waals surface area contributed by atoms with Crippen LogP contribution in [0.15, 0.2) is 89.9 Å². The number of para-hydroxylation sites is 2. The number of hydrogen-bond donors (Lipinski definition) is 1. The molecule has 0 saturated carbocycles. The molecule has 1 N–H and O–H groups in total. The van der Waals surface area contributed by atoms with E-state index in [1.165, 1.54) is 0 Å². The largest absolute Gasteiger partial charge is 0.382 e. The SMILES string of the molecule is O=[N+]1c2ccccc2N=C(C(O)c2ccccc2)C1c1ccccc1. The van der Waals surface area contributed by atoms with Gasteiger partial charge in [-0.15, -0.1) is 0 Å². The second-order valence-corrected chi connectivity index (χ2v) is 5.98. The normalized spacial score (nSPS) is 17.6. The van der Waals surface area contributed by atoms with E-state index in [9.17, 15) is 10.0 Å². The monoisotopic (exact) mass is 329 g/mol. The molecule has 0 aromatic heterocycles. The summed E-state index contributed by atoms with van der Waals surface area (Å²) in [5.41, 5.74) is 3.05. The van der Waals surface area contributed by atoms with Gasteiger partial charge in [-0.25, -0.2) is 4.99 Å². The Labute approximate surface area is 145 Å². The first-order valence-electron chi connectivity index (χ1n) is 8.17. The molecule has 0 amide bonds. The van der Waals surface area contributed by atoms with Gasteiger partial charge in [0.25, 0.3) is 11.7 Å². The van der Waals surface area contributed by atoms with E-state index in [0.717, 1.165) is 15.9 Å². The molecule has 1 aliphatic heterocycles. The molecule has 4 rings (SSSR count). The van der Waals surface area contributed by atoms with Gasteiger partial charge in [0.15, 0.2) is 0 Å². The van der Waals surface area contributed by atoms with Crippen molar-refractivity contribution in [3.63, 3.8) is 0 Å². The summed E-state index contributed by atoms with van der Waals surface area (Å²) in [6, 6.07) is 25.3.